The molecule has 1 aliphatic carbocycles. The van der Waals surface area contributed by atoms with E-state index < -0.39 is 0 Å². The Morgan fingerprint density at radius 1 is 0.783 bits per heavy atom. The van der Waals surface area contributed by atoms with E-state index in [9.17, 15) is 0 Å². The zero-order chi connectivity index (χ0) is 17.1. The van der Waals surface area contributed by atoms with E-state index in [1.807, 2.05) is 13.8 Å². The maximum absolute atomic E-state index is 2.45. The van der Waals surface area contributed by atoms with E-state index in [1.165, 1.54) is 44.7 Å². The number of hydrogen-bond acceptors (Lipinski definition) is 0. The third-order valence-electron chi connectivity index (χ3n) is 6.83. The van der Waals surface area contributed by atoms with Gasteiger partial charge in [0.2, 0.25) is 0 Å². The Kier molecular flexibility index (Phi) is 6.03. The Labute approximate surface area is 145 Å². The number of hydrogen-bond donors (Lipinski definition) is 0. The highest BCUT2D eigenvalue weighted by molar-refractivity contribution is 6.74. The minimum atomic E-state index is 0.458. The van der Waals surface area contributed by atoms with Crippen molar-refractivity contribution in [2.24, 2.45) is 10.8 Å². The molecule has 0 aromatic heterocycles. The fourth-order valence-corrected chi connectivity index (χ4v) is 4.57. The van der Waals surface area contributed by atoms with Crippen LogP contribution >= 0.6 is 0 Å². The molecule has 0 atom stereocenters. The van der Waals surface area contributed by atoms with E-state index in [2.05, 4.69) is 52.0 Å². The van der Waals surface area contributed by atoms with Gasteiger partial charge < -0.3 is 0 Å². The summed E-state index contributed by atoms with van der Waals surface area (Å²) in [4.78, 5) is 0. The minimum absolute atomic E-state index is 0.458. The maximum atomic E-state index is 2.45. The van der Waals surface area contributed by atoms with Crippen molar-refractivity contribution in [3.8, 4) is 0 Å². The zero-order valence-corrected chi connectivity index (χ0v) is 16.4. The van der Waals surface area contributed by atoms with Crippen LogP contribution in [-0.2, 0) is 0 Å². The van der Waals surface area contributed by atoms with Crippen LogP contribution in [-0.4, -0.2) is 6.71 Å². The van der Waals surface area contributed by atoms with Crippen molar-refractivity contribution in [3.63, 3.8) is 0 Å². The van der Waals surface area contributed by atoms with Gasteiger partial charge in [0.1, 0.15) is 0 Å². The predicted octanol–water partition coefficient (Wildman–Crippen LogP) is 6.53. The first-order chi connectivity index (χ1) is 10.9. The molecule has 1 aromatic rings. The third-order valence-corrected chi connectivity index (χ3v) is 6.83. The van der Waals surface area contributed by atoms with E-state index in [-0.39, 0.29) is 0 Å². The molecular weight excluding hydrogens is 275 g/mol. The molecule has 128 valence electrons. The van der Waals surface area contributed by atoms with Crippen LogP contribution in [0.3, 0.4) is 0 Å². The first kappa shape index (κ1) is 18.6. The molecule has 2 aliphatic rings. The Morgan fingerprint density at radius 3 is 1.74 bits per heavy atom. The molecule has 0 N–H and O–H groups in total. The van der Waals surface area contributed by atoms with Gasteiger partial charge in [-0.25, -0.2) is 0 Å². The molecule has 1 saturated heterocycles. The Morgan fingerprint density at radius 2 is 1.26 bits per heavy atom. The first-order valence-corrected chi connectivity index (χ1v) is 9.99. The highest BCUT2D eigenvalue weighted by atomic mass is 14.4. The summed E-state index contributed by atoms with van der Waals surface area (Å²) in [5.74, 6) is 0.837. The molecule has 0 amide bonds. The second kappa shape index (κ2) is 7.45. The zero-order valence-electron chi connectivity index (χ0n) is 16.4. The van der Waals surface area contributed by atoms with Gasteiger partial charge in [-0.15, -0.1) is 0 Å². The van der Waals surface area contributed by atoms with E-state index in [1.54, 1.807) is 11.0 Å². The average Bonchev–Trinajstić information content (AvgIpc) is 2.78. The fourth-order valence-electron chi connectivity index (χ4n) is 4.57. The van der Waals surface area contributed by atoms with E-state index >= 15 is 0 Å². The summed E-state index contributed by atoms with van der Waals surface area (Å²) in [7, 11) is 0. The Bertz CT molecular complexity index is 461. The summed E-state index contributed by atoms with van der Waals surface area (Å²) in [5.41, 5.74) is 4.09. The molecule has 1 saturated carbocycles. The van der Waals surface area contributed by atoms with Crippen molar-refractivity contribution in [2.75, 3.05) is 0 Å². The lowest BCUT2D eigenvalue weighted by molar-refractivity contribution is 0.177. The van der Waals surface area contributed by atoms with Crippen LogP contribution in [0.1, 0.15) is 85.1 Å². The standard InChI is InChI=1S/C20H31B.C2H6/c1-19(2)14-21(15-20(19,3)4)18-12-10-17(11-13-18)16-8-6-5-7-9-16;1-2/h10-13,16H,5-9,14-15H2,1-4H3;1-2H3. The molecule has 1 aliphatic heterocycles. The summed E-state index contributed by atoms with van der Waals surface area (Å²) in [6.07, 6.45) is 9.78. The SMILES string of the molecule is CC.CC1(C)CB(c2ccc(C3CCCCC3)cc2)CC1(C)C. The molecule has 23 heavy (non-hydrogen) atoms. The number of benzene rings is 1. The highest BCUT2D eigenvalue weighted by Crippen LogP contribution is 2.52. The quantitative estimate of drug-likeness (QED) is 0.545. The van der Waals surface area contributed by atoms with Crippen molar-refractivity contribution in [1.29, 1.82) is 0 Å². The second-order valence-electron chi connectivity index (χ2n) is 8.87. The molecule has 1 heterocycles. The van der Waals surface area contributed by atoms with E-state index in [0.29, 0.717) is 10.8 Å². The smallest absolute Gasteiger partial charge is 0.0800 e. The third kappa shape index (κ3) is 4.04. The van der Waals surface area contributed by atoms with Crippen molar-refractivity contribution < 1.29 is 0 Å². The molecule has 0 radical (unpaired) electrons. The largest absolute Gasteiger partial charge is 0.176 e. The van der Waals surface area contributed by atoms with Crippen LogP contribution in [0.25, 0.3) is 0 Å². The monoisotopic (exact) mass is 312 g/mol. The van der Waals surface area contributed by atoms with Crippen molar-refractivity contribution in [1.82, 2.24) is 0 Å². The maximum Gasteiger partial charge on any atom is 0.176 e. The Balaban J connectivity index is 0.000000924. The molecule has 0 spiro atoms. The van der Waals surface area contributed by atoms with Crippen LogP contribution in [0.2, 0.25) is 12.6 Å². The minimum Gasteiger partial charge on any atom is -0.0800 e. The topological polar surface area (TPSA) is 0 Å². The van der Waals surface area contributed by atoms with Crippen molar-refractivity contribution in [3.05, 3.63) is 29.8 Å². The molecule has 2 fully saturated rings. The van der Waals surface area contributed by atoms with Crippen LogP contribution in [0.15, 0.2) is 24.3 Å². The van der Waals surface area contributed by atoms with Gasteiger partial charge in [0.15, 0.2) is 6.71 Å². The summed E-state index contributed by atoms with van der Waals surface area (Å²) in [6.45, 7) is 14.6. The fraction of sp³-hybridized carbons (Fsp3) is 0.727. The molecule has 1 aromatic carbocycles. The normalized spacial score (nSPS) is 23.3. The molecular formula is C22H37B. The molecule has 1 heteroatoms. The lowest BCUT2D eigenvalue weighted by Gasteiger charge is -2.35. The van der Waals surface area contributed by atoms with Gasteiger partial charge in [0, 0.05) is 0 Å². The van der Waals surface area contributed by atoms with Gasteiger partial charge in [-0.05, 0) is 35.2 Å². The van der Waals surface area contributed by atoms with Crippen LogP contribution in [0.5, 0.6) is 0 Å². The van der Waals surface area contributed by atoms with Crippen LogP contribution in [0, 0.1) is 10.8 Å². The molecule has 0 bridgehead atoms. The van der Waals surface area contributed by atoms with Crippen LogP contribution < -0.4 is 5.46 Å². The van der Waals surface area contributed by atoms with Crippen molar-refractivity contribution >= 4 is 12.2 Å². The lowest BCUT2D eigenvalue weighted by Crippen LogP contribution is -2.27. The van der Waals surface area contributed by atoms with Gasteiger partial charge in [-0.1, -0.05) is 103 Å². The van der Waals surface area contributed by atoms with Gasteiger partial charge in [-0.2, -0.15) is 0 Å². The van der Waals surface area contributed by atoms with E-state index in [0.717, 1.165) is 12.6 Å². The first-order valence-electron chi connectivity index (χ1n) is 9.99. The van der Waals surface area contributed by atoms with Crippen LogP contribution in [0.4, 0.5) is 0 Å². The molecule has 0 unspecified atom stereocenters. The molecule has 3 rings (SSSR count). The lowest BCUT2D eigenvalue weighted by atomic mass is 9.42. The second-order valence-corrected chi connectivity index (χ2v) is 8.87. The summed E-state index contributed by atoms with van der Waals surface area (Å²) in [5, 5.41) is 0. The van der Waals surface area contributed by atoms with Gasteiger partial charge in [0.05, 0.1) is 0 Å². The predicted molar refractivity (Wildman–Crippen MR) is 106 cm³/mol. The van der Waals surface area contributed by atoms with Gasteiger partial charge >= 0.3 is 0 Å². The van der Waals surface area contributed by atoms with Crippen molar-refractivity contribution in [2.45, 2.75) is 92.2 Å². The summed E-state index contributed by atoms with van der Waals surface area (Å²) >= 11 is 0. The average molecular weight is 312 g/mol. The summed E-state index contributed by atoms with van der Waals surface area (Å²) in [6, 6.07) is 9.74. The number of rotatable bonds is 2. The van der Waals surface area contributed by atoms with Gasteiger partial charge in [-0.3, -0.25) is 0 Å². The summed E-state index contributed by atoms with van der Waals surface area (Å²) < 4.78 is 0. The molecule has 0 nitrogen and oxygen atoms in total. The Hall–Kier alpha value is -0.715. The highest BCUT2D eigenvalue weighted by Gasteiger charge is 2.47. The van der Waals surface area contributed by atoms with E-state index in [4.69, 9.17) is 0 Å². The van der Waals surface area contributed by atoms with Gasteiger partial charge in [0.25, 0.3) is 0 Å².